The molecular weight excluding hydrogens is 378 g/mol. The number of thiophene rings is 1. The van der Waals surface area contributed by atoms with E-state index in [1.54, 1.807) is 35.0 Å². The Morgan fingerprint density at radius 2 is 2.07 bits per heavy atom. The molecule has 6 nitrogen and oxygen atoms in total. The number of anilines is 2. The first kappa shape index (κ1) is 17.9. The minimum absolute atomic E-state index is 0.234. The summed E-state index contributed by atoms with van der Waals surface area (Å²) in [5.41, 5.74) is 7.48. The third-order valence-corrected chi connectivity index (χ3v) is 6.42. The molecule has 0 aromatic carbocycles. The van der Waals surface area contributed by atoms with E-state index in [4.69, 9.17) is 10.7 Å². The molecule has 0 atom stereocenters. The molecule has 1 aliphatic heterocycles. The molecule has 0 aliphatic carbocycles. The number of piperidine rings is 1. The maximum Gasteiger partial charge on any atom is 0.273 e. The molecule has 1 saturated heterocycles. The molecule has 0 bridgehead atoms. The van der Waals surface area contributed by atoms with Crippen LogP contribution in [0.2, 0.25) is 0 Å². The number of aromatic nitrogens is 2. The highest BCUT2D eigenvalue weighted by atomic mass is 32.1. The lowest BCUT2D eigenvalue weighted by Crippen LogP contribution is -2.29. The summed E-state index contributed by atoms with van der Waals surface area (Å²) >= 11 is 3.27. The fourth-order valence-corrected chi connectivity index (χ4v) is 4.96. The normalized spacial score (nSPS) is 14.9. The third kappa shape index (κ3) is 3.81. The highest BCUT2D eigenvalue weighted by molar-refractivity contribution is 7.18. The van der Waals surface area contributed by atoms with E-state index in [1.165, 1.54) is 30.0 Å². The highest BCUT2D eigenvalue weighted by Gasteiger charge is 2.19. The second-order valence-corrected chi connectivity index (χ2v) is 8.54. The fraction of sp³-hybridized carbons (Fsp3) is 0.316. The van der Waals surface area contributed by atoms with Crippen LogP contribution in [0.5, 0.6) is 0 Å². The largest absolute Gasteiger partial charge is 0.384 e. The molecule has 140 valence electrons. The van der Waals surface area contributed by atoms with Crippen molar-refractivity contribution in [3.8, 4) is 10.6 Å². The van der Waals surface area contributed by atoms with Gasteiger partial charge in [-0.1, -0.05) is 17.4 Å². The fourth-order valence-electron chi connectivity index (χ4n) is 3.17. The van der Waals surface area contributed by atoms with Gasteiger partial charge in [0.25, 0.3) is 5.56 Å². The summed E-state index contributed by atoms with van der Waals surface area (Å²) < 4.78 is 1.23. The zero-order chi connectivity index (χ0) is 18.8. The van der Waals surface area contributed by atoms with Crippen LogP contribution in [0.4, 0.5) is 10.9 Å². The summed E-state index contributed by atoms with van der Waals surface area (Å²) in [5.74, 6) is 0.328. The molecule has 3 aromatic heterocycles. The van der Waals surface area contributed by atoms with Gasteiger partial charge in [-0.3, -0.25) is 4.79 Å². The van der Waals surface area contributed by atoms with Gasteiger partial charge >= 0.3 is 0 Å². The summed E-state index contributed by atoms with van der Waals surface area (Å²) in [5, 5.41) is 7.41. The van der Waals surface area contributed by atoms with Crippen LogP contribution in [0.15, 0.2) is 39.5 Å². The second-order valence-electron chi connectivity index (χ2n) is 6.59. The molecule has 4 rings (SSSR count). The maximum atomic E-state index is 12.2. The number of hydrogen-bond acceptors (Lipinski definition) is 7. The number of nitrogens with two attached hydrogens (primary N) is 1. The molecular formula is C19H21N5OS2. The van der Waals surface area contributed by atoms with Gasteiger partial charge in [0.15, 0.2) is 5.13 Å². The Morgan fingerprint density at radius 1 is 1.26 bits per heavy atom. The lowest BCUT2D eigenvalue weighted by molar-refractivity contribution is 0.577. The van der Waals surface area contributed by atoms with E-state index in [0.29, 0.717) is 5.82 Å². The quantitative estimate of drug-likeness (QED) is 0.677. The Balaban J connectivity index is 1.73. The highest BCUT2D eigenvalue weighted by Crippen LogP contribution is 2.35. The maximum absolute atomic E-state index is 12.2. The standard InChI is InChI=1S/C19H21N5OS2/c1-13-10-16(20)24(17(25)11-13)21-12-15-18(14-6-5-9-26-14)22-19(27-15)23-7-3-2-4-8-23/h5-6,9-12H,2-4,7-8,20H2,1H3/b21-12-. The summed E-state index contributed by atoms with van der Waals surface area (Å²) in [7, 11) is 0. The predicted molar refractivity (Wildman–Crippen MR) is 114 cm³/mol. The van der Waals surface area contributed by atoms with Crippen LogP contribution < -0.4 is 16.2 Å². The van der Waals surface area contributed by atoms with Gasteiger partial charge in [-0.2, -0.15) is 9.78 Å². The molecule has 1 aliphatic rings. The zero-order valence-electron chi connectivity index (χ0n) is 15.1. The monoisotopic (exact) mass is 399 g/mol. The number of hydrogen-bond donors (Lipinski definition) is 1. The van der Waals surface area contributed by atoms with E-state index in [2.05, 4.69) is 16.1 Å². The molecule has 27 heavy (non-hydrogen) atoms. The van der Waals surface area contributed by atoms with Gasteiger partial charge in [-0.25, -0.2) is 4.98 Å². The van der Waals surface area contributed by atoms with Crippen molar-refractivity contribution >= 4 is 39.8 Å². The summed E-state index contributed by atoms with van der Waals surface area (Å²) in [6, 6.07) is 7.34. The van der Waals surface area contributed by atoms with Crippen molar-refractivity contribution in [2.24, 2.45) is 5.10 Å². The van der Waals surface area contributed by atoms with Crippen LogP contribution in [-0.2, 0) is 0 Å². The molecule has 3 aromatic rings. The van der Waals surface area contributed by atoms with Crippen LogP contribution in [-0.4, -0.2) is 29.0 Å². The average Bonchev–Trinajstić information content (AvgIpc) is 3.31. The first-order valence-corrected chi connectivity index (χ1v) is 10.6. The number of thiazole rings is 1. The Bertz CT molecular complexity index is 1010. The second kappa shape index (κ2) is 7.66. The third-order valence-electron chi connectivity index (χ3n) is 4.49. The van der Waals surface area contributed by atoms with E-state index in [1.807, 2.05) is 18.4 Å². The summed E-state index contributed by atoms with van der Waals surface area (Å²) in [6.07, 6.45) is 5.39. The topological polar surface area (TPSA) is 76.5 Å². The van der Waals surface area contributed by atoms with E-state index in [-0.39, 0.29) is 5.56 Å². The molecule has 8 heteroatoms. The Kier molecular flexibility index (Phi) is 5.09. The van der Waals surface area contributed by atoms with E-state index in [9.17, 15) is 4.79 Å². The Hall–Kier alpha value is -2.45. The van der Waals surface area contributed by atoms with Crippen molar-refractivity contribution in [2.75, 3.05) is 23.7 Å². The lowest BCUT2D eigenvalue weighted by Gasteiger charge is -2.25. The number of nitrogen functional groups attached to an aromatic ring is 1. The average molecular weight is 400 g/mol. The van der Waals surface area contributed by atoms with Crippen LogP contribution in [0.3, 0.4) is 0 Å². The van der Waals surface area contributed by atoms with Gasteiger partial charge in [-0.05, 0) is 49.3 Å². The number of aryl methyl sites for hydroxylation is 1. The number of nitrogens with zero attached hydrogens (tertiary/aromatic N) is 4. The van der Waals surface area contributed by atoms with E-state index >= 15 is 0 Å². The molecule has 2 N–H and O–H groups in total. The SMILES string of the molecule is Cc1cc(N)n(/N=C\c2sc(N3CCCCC3)nc2-c2cccs2)c(=O)c1. The van der Waals surface area contributed by atoms with Gasteiger partial charge in [0.2, 0.25) is 0 Å². The van der Waals surface area contributed by atoms with Crippen molar-refractivity contribution < 1.29 is 0 Å². The Labute approximate surface area is 165 Å². The minimum atomic E-state index is -0.234. The molecule has 0 spiro atoms. The first-order valence-electron chi connectivity index (χ1n) is 8.95. The van der Waals surface area contributed by atoms with Gasteiger partial charge in [0, 0.05) is 19.2 Å². The predicted octanol–water partition coefficient (Wildman–Crippen LogP) is 3.80. The van der Waals surface area contributed by atoms with Crippen molar-refractivity contribution in [3.63, 3.8) is 0 Å². The first-order chi connectivity index (χ1) is 13.1. The minimum Gasteiger partial charge on any atom is -0.384 e. The van der Waals surface area contributed by atoms with Gasteiger partial charge in [0.1, 0.15) is 11.5 Å². The van der Waals surface area contributed by atoms with Gasteiger partial charge in [0.05, 0.1) is 16.0 Å². The molecule has 0 unspecified atom stereocenters. The van der Waals surface area contributed by atoms with Gasteiger partial charge in [-0.15, -0.1) is 11.3 Å². The molecule has 0 amide bonds. The Morgan fingerprint density at radius 3 is 2.78 bits per heavy atom. The zero-order valence-corrected chi connectivity index (χ0v) is 16.7. The molecule has 4 heterocycles. The van der Waals surface area contributed by atoms with E-state index in [0.717, 1.165) is 39.2 Å². The molecule has 1 fully saturated rings. The van der Waals surface area contributed by atoms with Crippen molar-refractivity contribution in [2.45, 2.75) is 26.2 Å². The van der Waals surface area contributed by atoms with Crippen LogP contribution in [0.25, 0.3) is 10.6 Å². The van der Waals surface area contributed by atoms with Crippen LogP contribution >= 0.6 is 22.7 Å². The smallest absolute Gasteiger partial charge is 0.273 e. The van der Waals surface area contributed by atoms with E-state index < -0.39 is 0 Å². The lowest BCUT2D eigenvalue weighted by atomic mass is 10.1. The summed E-state index contributed by atoms with van der Waals surface area (Å²) in [4.78, 5) is 21.5. The number of pyridine rings is 1. The van der Waals surface area contributed by atoms with Crippen LogP contribution in [0, 0.1) is 6.92 Å². The molecule has 0 saturated carbocycles. The van der Waals surface area contributed by atoms with Crippen molar-refractivity contribution in [1.29, 1.82) is 0 Å². The number of rotatable bonds is 4. The van der Waals surface area contributed by atoms with Crippen LogP contribution in [0.1, 0.15) is 29.7 Å². The van der Waals surface area contributed by atoms with Gasteiger partial charge < -0.3 is 10.6 Å². The molecule has 0 radical (unpaired) electrons. The summed E-state index contributed by atoms with van der Waals surface area (Å²) in [6.45, 7) is 3.92. The van der Waals surface area contributed by atoms with Crippen molar-refractivity contribution in [1.82, 2.24) is 9.66 Å². The van der Waals surface area contributed by atoms with Crippen molar-refractivity contribution in [3.05, 3.63) is 50.4 Å².